The van der Waals surface area contributed by atoms with Gasteiger partial charge in [-0.2, -0.15) is 4.31 Å². The number of rotatable bonds is 6. The lowest BCUT2D eigenvalue weighted by Crippen LogP contribution is -2.51. The van der Waals surface area contributed by atoms with Crippen molar-refractivity contribution < 1.29 is 27.2 Å². The first-order valence-corrected chi connectivity index (χ1v) is 11.5. The van der Waals surface area contributed by atoms with E-state index in [1.165, 1.54) is 4.31 Å². The van der Waals surface area contributed by atoms with Gasteiger partial charge in [-0.15, -0.1) is 0 Å². The summed E-state index contributed by atoms with van der Waals surface area (Å²) in [5.74, 6) is 1.55. The van der Waals surface area contributed by atoms with Crippen LogP contribution in [0.3, 0.4) is 0 Å². The number of hydrogen-bond acceptors (Lipinski definition) is 8. The summed E-state index contributed by atoms with van der Waals surface area (Å²) in [7, 11) is -3.66. The third-order valence-corrected chi connectivity index (χ3v) is 7.68. The Morgan fingerprint density at radius 3 is 2.55 bits per heavy atom. The average Bonchev–Trinajstić information content (AvgIpc) is 3.33. The van der Waals surface area contributed by atoms with E-state index >= 15 is 0 Å². The Labute approximate surface area is 181 Å². The van der Waals surface area contributed by atoms with Crippen molar-refractivity contribution in [2.75, 3.05) is 39.5 Å². The molecule has 0 bridgehead atoms. The first-order valence-electron chi connectivity index (χ1n) is 10.1. The summed E-state index contributed by atoms with van der Waals surface area (Å²) >= 11 is 0. The Morgan fingerprint density at radius 2 is 1.87 bits per heavy atom. The molecule has 0 spiro atoms. The summed E-state index contributed by atoms with van der Waals surface area (Å²) in [6.07, 6.45) is 0. The zero-order chi connectivity index (χ0) is 22.2. The number of amides is 1. The molecular weight excluding hydrogens is 424 g/mol. The molecule has 1 amide bonds. The molecule has 2 aromatic rings. The molecule has 1 aromatic carbocycles. The van der Waals surface area contributed by atoms with Crippen LogP contribution in [-0.4, -0.2) is 68.2 Å². The molecule has 168 valence electrons. The molecule has 11 heteroatoms. The van der Waals surface area contributed by atoms with Gasteiger partial charge in [0.1, 0.15) is 10.6 Å². The molecule has 2 aliphatic rings. The van der Waals surface area contributed by atoms with Crippen LogP contribution in [-0.2, 0) is 14.8 Å². The maximum atomic E-state index is 12.9. The summed E-state index contributed by atoms with van der Waals surface area (Å²) < 4.78 is 43.0. The zero-order valence-corrected chi connectivity index (χ0v) is 18.6. The Balaban J connectivity index is 1.30. The minimum absolute atomic E-state index is 0.118. The van der Waals surface area contributed by atoms with E-state index < -0.39 is 10.0 Å². The highest BCUT2D eigenvalue weighted by molar-refractivity contribution is 7.89. The van der Waals surface area contributed by atoms with Gasteiger partial charge in [0.05, 0.1) is 12.6 Å². The van der Waals surface area contributed by atoms with Gasteiger partial charge < -0.3 is 19.3 Å². The Kier molecular flexibility index (Phi) is 5.91. The second kappa shape index (κ2) is 8.48. The molecule has 1 atom stereocenters. The van der Waals surface area contributed by atoms with Gasteiger partial charge in [-0.3, -0.25) is 9.69 Å². The maximum absolute atomic E-state index is 12.9. The number of carbonyl (C=O) groups is 1. The number of carbonyl (C=O) groups excluding carboxylic acids is 1. The smallest absolute Gasteiger partial charge is 0.248 e. The van der Waals surface area contributed by atoms with E-state index in [1.807, 2.05) is 30.0 Å². The van der Waals surface area contributed by atoms with Crippen LogP contribution in [0.2, 0.25) is 0 Å². The fraction of sp³-hybridized carbons (Fsp3) is 0.500. The van der Waals surface area contributed by atoms with Crippen molar-refractivity contribution in [3.8, 4) is 11.5 Å². The Hall–Kier alpha value is -2.63. The fourth-order valence-corrected chi connectivity index (χ4v) is 5.57. The number of aryl methyl sites for hydroxylation is 2. The lowest BCUT2D eigenvalue weighted by atomic mass is 10.1. The van der Waals surface area contributed by atoms with Gasteiger partial charge in [0.25, 0.3) is 0 Å². The van der Waals surface area contributed by atoms with Crippen molar-refractivity contribution in [2.24, 2.45) is 0 Å². The van der Waals surface area contributed by atoms with Gasteiger partial charge in [0, 0.05) is 26.2 Å². The highest BCUT2D eigenvalue weighted by Crippen LogP contribution is 2.34. The van der Waals surface area contributed by atoms with Crippen molar-refractivity contribution in [1.82, 2.24) is 19.7 Å². The molecule has 2 aliphatic heterocycles. The van der Waals surface area contributed by atoms with E-state index in [0.29, 0.717) is 43.4 Å². The Bertz CT molecular complexity index is 1060. The van der Waals surface area contributed by atoms with Crippen molar-refractivity contribution in [3.63, 3.8) is 0 Å². The molecule has 4 rings (SSSR count). The standard InChI is InChI=1S/C20H26N4O6S/c1-13(16-4-5-17-18(10-16)29-12-28-17)21-19(25)11-23-6-8-24(9-7-23)31(26,27)20-14(2)22-30-15(20)3/h4-5,10,13H,6-9,11-12H2,1-3H3,(H,21,25)/t13-/m1/s1. The molecule has 0 radical (unpaired) electrons. The number of benzene rings is 1. The molecule has 1 N–H and O–H groups in total. The second-order valence-corrected chi connectivity index (χ2v) is 9.61. The molecule has 0 saturated carbocycles. The first kappa shape index (κ1) is 21.6. The second-order valence-electron chi connectivity index (χ2n) is 7.74. The van der Waals surface area contributed by atoms with E-state index in [9.17, 15) is 13.2 Å². The van der Waals surface area contributed by atoms with Gasteiger partial charge >= 0.3 is 0 Å². The van der Waals surface area contributed by atoms with Crippen LogP contribution in [0.1, 0.15) is 30.0 Å². The van der Waals surface area contributed by atoms with Gasteiger partial charge in [-0.05, 0) is 38.5 Å². The van der Waals surface area contributed by atoms with Crippen molar-refractivity contribution in [2.45, 2.75) is 31.7 Å². The lowest BCUT2D eigenvalue weighted by molar-refractivity contribution is -0.123. The highest BCUT2D eigenvalue weighted by Gasteiger charge is 2.33. The van der Waals surface area contributed by atoms with Gasteiger partial charge in [-0.25, -0.2) is 8.42 Å². The third-order valence-electron chi connectivity index (χ3n) is 5.54. The maximum Gasteiger partial charge on any atom is 0.248 e. The summed E-state index contributed by atoms with van der Waals surface area (Å²) in [4.78, 5) is 14.6. The van der Waals surface area contributed by atoms with Crippen molar-refractivity contribution in [3.05, 3.63) is 35.2 Å². The van der Waals surface area contributed by atoms with Crippen LogP contribution >= 0.6 is 0 Å². The summed E-state index contributed by atoms with van der Waals surface area (Å²) in [6.45, 7) is 7.06. The summed E-state index contributed by atoms with van der Waals surface area (Å²) in [5.41, 5.74) is 1.28. The van der Waals surface area contributed by atoms with Crippen LogP contribution in [0.15, 0.2) is 27.6 Å². The van der Waals surface area contributed by atoms with E-state index in [4.69, 9.17) is 14.0 Å². The number of sulfonamides is 1. The predicted octanol–water partition coefficient (Wildman–Crippen LogP) is 1.20. The quantitative estimate of drug-likeness (QED) is 0.698. The number of fused-ring (bicyclic) bond motifs is 1. The molecule has 1 aromatic heterocycles. The number of nitrogens with one attached hydrogen (secondary N) is 1. The van der Waals surface area contributed by atoms with Gasteiger partial charge in [0.2, 0.25) is 22.7 Å². The minimum atomic E-state index is -3.66. The monoisotopic (exact) mass is 450 g/mol. The number of piperazine rings is 1. The highest BCUT2D eigenvalue weighted by atomic mass is 32.2. The SMILES string of the molecule is Cc1noc(C)c1S(=O)(=O)N1CCN(CC(=O)N[C@H](C)c2ccc3c(c2)OCO3)CC1. The topological polar surface area (TPSA) is 114 Å². The van der Waals surface area contributed by atoms with Crippen LogP contribution < -0.4 is 14.8 Å². The normalized spacial score (nSPS) is 18.2. The molecule has 0 aliphatic carbocycles. The molecule has 31 heavy (non-hydrogen) atoms. The first-order chi connectivity index (χ1) is 14.8. The number of nitrogens with zero attached hydrogens (tertiary/aromatic N) is 3. The van der Waals surface area contributed by atoms with Gasteiger partial charge in [0.15, 0.2) is 17.3 Å². The van der Waals surface area contributed by atoms with Crippen LogP contribution in [0.25, 0.3) is 0 Å². The van der Waals surface area contributed by atoms with Crippen LogP contribution in [0.5, 0.6) is 11.5 Å². The van der Waals surface area contributed by atoms with Crippen molar-refractivity contribution in [1.29, 1.82) is 0 Å². The number of aromatic nitrogens is 1. The van der Waals surface area contributed by atoms with Crippen molar-refractivity contribution >= 4 is 15.9 Å². The van der Waals surface area contributed by atoms with Crippen LogP contribution in [0.4, 0.5) is 0 Å². The molecular formula is C20H26N4O6S. The summed E-state index contributed by atoms with van der Waals surface area (Å²) in [6, 6.07) is 5.41. The number of hydrogen-bond donors (Lipinski definition) is 1. The zero-order valence-electron chi connectivity index (χ0n) is 17.8. The third kappa shape index (κ3) is 4.39. The fourth-order valence-electron chi connectivity index (χ4n) is 3.86. The minimum Gasteiger partial charge on any atom is -0.454 e. The van der Waals surface area contributed by atoms with E-state index in [2.05, 4.69) is 10.5 Å². The predicted molar refractivity (Wildman–Crippen MR) is 110 cm³/mol. The summed E-state index contributed by atoms with van der Waals surface area (Å²) in [5, 5.41) is 6.73. The van der Waals surface area contributed by atoms with E-state index in [1.54, 1.807) is 13.8 Å². The molecule has 0 unspecified atom stereocenters. The molecule has 1 fully saturated rings. The number of ether oxygens (including phenoxy) is 2. The van der Waals surface area contributed by atoms with E-state index in [-0.39, 0.29) is 35.9 Å². The molecule has 10 nitrogen and oxygen atoms in total. The Morgan fingerprint density at radius 1 is 1.16 bits per heavy atom. The molecule has 3 heterocycles. The lowest BCUT2D eigenvalue weighted by Gasteiger charge is -2.33. The van der Waals surface area contributed by atoms with E-state index in [0.717, 1.165) is 5.56 Å². The average molecular weight is 451 g/mol. The van der Waals surface area contributed by atoms with Gasteiger partial charge in [-0.1, -0.05) is 11.2 Å². The van der Waals surface area contributed by atoms with Crippen LogP contribution in [0, 0.1) is 13.8 Å². The molecule has 1 saturated heterocycles. The largest absolute Gasteiger partial charge is 0.454 e.